The van der Waals surface area contributed by atoms with Crippen molar-refractivity contribution in [1.29, 1.82) is 0 Å². The zero-order chi connectivity index (χ0) is 18.5. The van der Waals surface area contributed by atoms with E-state index in [-0.39, 0.29) is 11.5 Å². The van der Waals surface area contributed by atoms with Gasteiger partial charge in [0.2, 0.25) is 0 Å². The van der Waals surface area contributed by atoms with Gasteiger partial charge < -0.3 is 14.8 Å². The molecule has 0 aromatic heterocycles. The number of nitrogens with one attached hydrogen (secondary N) is 1. The number of carbonyl (C=O) groups is 2. The van der Waals surface area contributed by atoms with Crippen LogP contribution in [0.1, 0.15) is 37.6 Å². The molecule has 0 saturated carbocycles. The summed E-state index contributed by atoms with van der Waals surface area (Å²) in [5, 5.41) is 12.4. The molecule has 1 aromatic carbocycles. The minimum atomic E-state index is -1.94. The van der Waals surface area contributed by atoms with Crippen molar-refractivity contribution in [2.75, 3.05) is 6.61 Å². The molecule has 0 aliphatic rings. The smallest absolute Gasteiger partial charge is 0.326 e. The SMILES string of the molecule is CC(C)(C)[Si](C)(C)OCC[C@@H](NC(=O)c1ccc(Cl)cc1)C(=O)O. The Hall–Kier alpha value is -1.37. The number of carboxylic acid groups (broad SMARTS) is 1. The molecule has 1 aromatic rings. The minimum Gasteiger partial charge on any atom is -0.480 e. The van der Waals surface area contributed by atoms with E-state index in [4.69, 9.17) is 16.0 Å². The molecule has 0 aliphatic heterocycles. The number of halogens is 1. The van der Waals surface area contributed by atoms with Crippen molar-refractivity contribution >= 4 is 31.8 Å². The van der Waals surface area contributed by atoms with Crippen molar-refractivity contribution in [3.05, 3.63) is 34.9 Å². The van der Waals surface area contributed by atoms with E-state index in [9.17, 15) is 14.7 Å². The molecular weight excluding hydrogens is 346 g/mol. The van der Waals surface area contributed by atoms with Crippen molar-refractivity contribution in [3.8, 4) is 0 Å². The van der Waals surface area contributed by atoms with E-state index in [1.54, 1.807) is 24.3 Å². The summed E-state index contributed by atoms with van der Waals surface area (Å²) in [7, 11) is -1.94. The number of aliphatic carboxylic acids is 1. The normalized spacial score (nSPS) is 13.4. The number of hydrogen-bond acceptors (Lipinski definition) is 3. The maximum atomic E-state index is 12.1. The van der Waals surface area contributed by atoms with Crippen LogP contribution in [-0.4, -0.2) is 37.9 Å². The standard InChI is InChI=1S/C17H26ClNO4Si/c1-17(2,3)24(4,5)23-11-10-14(16(21)22)19-15(20)12-6-8-13(18)9-7-12/h6-9,14H,10-11H2,1-5H3,(H,19,20)(H,21,22)/t14-/m1/s1. The molecule has 0 bridgehead atoms. The third-order valence-corrected chi connectivity index (χ3v) is 9.18. The summed E-state index contributed by atoms with van der Waals surface area (Å²) in [6, 6.07) is 5.31. The molecular formula is C17H26ClNO4Si. The lowest BCUT2D eigenvalue weighted by molar-refractivity contribution is -0.139. The summed E-state index contributed by atoms with van der Waals surface area (Å²) in [5.41, 5.74) is 0.371. The van der Waals surface area contributed by atoms with Crippen LogP contribution in [0, 0.1) is 0 Å². The van der Waals surface area contributed by atoms with Gasteiger partial charge in [0.15, 0.2) is 8.32 Å². The zero-order valence-corrected chi connectivity index (χ0v) is 16.6. The number of carbonyl (C=O) groups excluding carboxylic acids is 1. The molecule has 7 heteroatoms. The third kappa shape index (κ3) is 5.92. The summed E-state index contributed by atoms with van der Waals surface area (Å²) < 4.78 is 5.98. The monoisotopic (exact) mass is 371 g/mol. The second-order valence-corrected chi connectivity index (χ2v) is 12.5. The first-order valence-corrected chi connectivity index (χ1v) is 11.2. The van der Waals surface area contributed by atoms with Gasteiger partial charge in [0.25, 0.3) is 5.91 Å². The highest BCUT2D eigenvalue weighted by atomic mass is 35.5. The van der Waals surface area contributed by atoms with Gasteiger partial charge in [-0.15, -0.1) is 0 Å². The lowest BCUT2D eigenvalue weighted by atomic mass is 10.1. The lowest BCUT2D eigenvalue weighted by Crippen LogP contribution is -2.44. The molecule has 1 rings (SSSR count). The molecule has 0 unspecified atom stereocenters. The minimum absolute atomic E-state index is 0.0538. The maximum absolute atomic E-state index is 12.1. The molecule has 0 heterocycles. The largest absolute Gasteiger partial charge is 0.480 e. The highest BCUT2D eigenvalue weighted by Crippen LogP contribution is 2.36. The Bertz CT molecular complexity index is 581. The summed E-state index contributed by atoms with van der Waals surface area (Å²) in [6.45, 7) is 10.9. The Morgan fingerprint density at radius 2 is 1.79 bits per heavy atom. The second-order valence-electron chi connectivity index (χ2n) is 7.27. The zero-order valence-electron chi connectivity index (χ0n) is 14.9. The Balaban J connectivity index is 2.63. The van der Waals surface area contributed by atoms with Gasteiger partial charge in [-0.1, -0.05) is 32.4 Å². The summed E-state index contributed by atoms with van der Waals surface area (Å²) in [6.07, 6.45) is 0.223. The Morgan fingerprint density at radius 1 is 1.25 bits per heavy atom. The van der Waals surface area contributed by atoms with Crippen molar-refractivity contribution in [3.63, 3.8) is 0 Å². The third-order valence-electron chi connectivity index (χ3n) is 4.39. The van der Waals surface area contributed by atoms with E-state index in [1.165, 1.54) is 0 Å². The van der Waals surface area contributed by atoms with Crippen LogP contribution >= 0.6 is 11.6 Å². The fourth-order valence-electron chi connectivity index (χ4n) is 1.75. The van der Waals surface area contributed by atoms with E-state index in [0.29, 0.717) is 17.2 Å². The highest BCUT2D eigenvalue weighted by molar-refractivity contribution is 6.74. The van der Waals surface area contributed by atoms with Crippen LogP contribution in [-0.2, 0) is 9.22 Å². The van der Waals surface area contributed by atoms with E-state index < -0.39 is 26.2 Å². The number of benzene rings is 1. The van der Waals surface area contributed by atoms with E-state index >= 15 is 0 Å². The molecule has 0 aliphatic carbocycles. The average Bonchev–Trinajstić information content (AvgIpc) is 2.45. The quantitative estimate of drug-likeness (QED) is 0.712. The molecule has 2 N–H and O–H groups in total. The fraction of sp³-hybridized carbons (Fsp3) is 0.529. The molecule has 0 fully saturated rings. The van der Waals surface area contributed by atoms with Gasteiger partial charge in [0.1, 0.15) is 6.04 Å². The summed E-state index contributed by atoms with van der Waals surface area (Å²) >= 11 is 5.78. The predicted octanol–water partition coefficient (Wildman–Crippen LogP) is 3.93. The van der Waals surface area contributed by atoms with E-state index in [1.807, 2.05) is 0 Å². The Morgan fingerprint density at radius 3 is 2.25 bits per heavy atom. The van der Waals surface area contributed by atoms with Crippen molar-refractivity contribution in [2.24, 2.45) is 0 Å². The summed E-state index contributed by atoms with van der Waals surface area (Å²) in [5.74, 6) is -1.51. The van der Waals surface area contributed by atoms with Crippen LogP contribution in [0.2, 0.25) is 23.2 Å². The predicted molar refractivity (Wildman–Crippen MR) is 98.1 cm³/mol. The molecule has 1 atom stereocenters. The first-order chi connectivity index (χ1) is 10.9. The molecule has 5 nitrogen and oxygen atoms in total. The van der Waals surface area contributed by atoms with Crippen LogP contribution in [0.25, 0.3) is 0 Å². The topological polar surface area (TPSA) is 75.6 Å². The van der Waals surface area contributed by atoms with Gasteiger partial charge in [0, 0.05) is 23.6 Å². The molecule has 0 radical (unpaired) electrons. The number of carboxylic acids is 1. The fourth-order valence-corrected chi connectivity index (χ4v) is 2.94. The van der Waals surface area contributed by atoms with Crippen LogP contribution in [0.5, 0.6) is 0 Å². The highest BCUT2D eigenvalue weighted by Gasteiger charge is 2.37. The van der Waals surface area contributed by atoms with Crippen molar-refractivity contribution in [2.45, 2.75) is 51.4 Å². The molecule has 0 saturated heterocycles. The van der Waals surface area contributed by atoms with E-state index in [0.717, 1.165) is 0 Å². The van der Waals surface area contributed by atoms with Crippen LogP contribution in [0.4, 0.5) is 0 Å². The van der Waals surface area contributed by atoms with Crippen LogP contribution in [0.3, 0.4) is 0 Å². The van der Waals surface area contributed by atoms with Gasteiger partial charge in [-0.2, -0.15) is 0 Å². The van der Waals surface area contributed by atoms with E-state index in [2.05, 4.69) is 39.2 Å². The van der Waals surface area contributed by atoms with Crippen LogP contribution in [0.15, 0.2) is 24.3 Å². The molecule has 24 heavy (non-hydrogen) atoms. The molecule has 134 valence electrons. The molecule has 0 spiro atoms. The Labute approximate surface area is 149 Å². The molecule has 1 amide bonds. The van der Waals surface area contributed by atoms with Gasteiger partial charge in [-0.25, -0.2) is 4.79 Å². The number of hydrogen-bond donors (Lipinski definition) is 2. The van der Waals surface area contributed by atoms with Gasteiger partial charge in [0.05, 0.1) is 0 Å². The van der Waals surface area contributed by atoms with Gasteiger partial charge in [-0.05, 0) is 42.4 Å². The summed E-state index contributed by atoms with van der Waals surface area (Å²) in [4.78, 5) is 23.5. The Kier molecular flexibility index (Phi) is 7.01. The van der Waals surface area contributed by atoms with Crippen molar-refractivity contribution < 1.29 is 19.1 Å². The first-order valence-electron chi connectivity index (χ1n) is 7.87. The number of amides is 1. The second kappa shape index (κ2) is 8.14. The van der Waals surface area contributed by atoms with Crippen molar-refractivity contribution in [1.82, 2.24) is 5.32 Å². The maximum Gasteiger partial charge on any atom is 0.326 e. The lowest BCUT2D eigenvalue weighted by Gasteiger charge is -2.36. The van der Waals surface area contributed by atoms with Gasteiger partial charge in [-0.3, -0.25) is 4.79 Å². The number of rotatable bonds is 7. The first kappa shape index (κ1) is 20.7. The van der Waals surface area contributed by atoms with Gasteiger partial charge >= 0.3 is 5.97 Å². The van der Waals surface area contributed by atoms with Crippen LogP contribution < -0.4 is 5.32 Å². The average molecular weight is 372 g/mol.